The summed E-state index contributed by atoms with van der Waals surface area (Å²) < 4.78 is 10.9. The van der Waals surface area contributed by atoms with E-state index in [-0.39, 0.29) is 23.4 Å². The summed E-state index contributed by atoms with van der Waals surface area (Å²) in [5, 5.41) is 0. The van der Waals surface area contributed by atoms with Crippen LogP contribution in [0.2, 0.25) is 12.1 Å². The van der Waals surface area contributed by atoms with Gasteiger partial charge < -0.3 is 9.47 Å². The SMILES string of the molecule is CCCC[Si](CCCC)(C(=O)OC(C)C)C(=O)OC(C)C. The molecule has 0 aliphatic heterocycles. The number of carbonyl (C=O) groups is 2. The largest absolute Gasteiger partial charge is 0.467 e. The van der Waals surface area contributed by atoms with E-state index in [9.17, 15) is 9.59 Å². The fourth-order valence-corrected chi connectivity index (χ4v) is 6.30. The predicted octanol–water partition coefficient (Wildman–Crippen LogP) is 5.29. The number of ether oxygens (including phenoxy) is 2. The van der Waals surface area contributed by atoms with Crippen LogP contribution in [0.25, 0.3) is 0 Å². The molecule has 0 saturated heterocycles. The summed E-state index contributed by atoms with van der Waals surface area (Å²) in [6.45, 7) is 11.4. The van der Waals surface area contributed by atoms with E-state index in [1.54, 1.807) is 0 Å². The molecule has 0 aliphatic rings. The molecule has 4 nitrogen and oxygen atoms in total. The topological polar surface area (TPSA) is 52.6 Å². The van der Waals surface area contributed by atoms with Gasteiger partial charge in [-0.3, -0.25) is 9.59 Å². The van der Waals surface area contributed by atoms with E-state index < -0.39 is 8.07 Å². The van der Waals surface area contributed by atoms with Crippen molar-refractivity contribution in [3.05, 3.63) is 0 Å². The molecule has 0 spiro atoms. The van der Waals surface area contributed by atoms with Gasteiger partial charge in [-0.15, -0.1) is 0 Å². The molecular formula is C16H32O4Si. The third-order valence-corrected chi connectivity index (χ3v) is 7.59. The van der Waals surface area contributed by atoms with E-state index in [1.807, 2.05) is 27.7 Å². The van der Waals surface area contributed by atoms with E-state index in [4.69, 9.17) is 9.47 Å². The standard InChI is InChI=1S/C16H32O4Si/c1-7-9-11-21(12-10-8-2,15(17)19-13(3)4)16(18)20-14(5)6/h13-14H,7-12H2,1-6H3. The van der Waals surface area contributed by atoms with Gasteiger partial charge in [-0.05, 0) is 39.8 Å². The van der Waals surface area contributed by atoms with Gasteiger partial charge in [0.25, 0.3) is 11.2 Å². The van der Waals surface area contributed by atoms with Crippen molar-refractivity contribution in [2.75, 3.05) is 0 Å². The van der Waals surface area contributed by atoms with Crippen LogP contribution in [0, 0.1) is 0 Å². The van der Waals surface area contributed by atoms with Crippen LogP contribution in [0.1, 0.15) is 67.2 Å². The Balaban J connectivity index is 5.37. The molecule has 0 aromatic heterocycles. The van der Waals surface area contributed by atoms with E-state index in [1.165, 1.54) is 0 Å². The second-order valence-electron chi connectivity index (χ2n) is 6.20. The van der Waals surface area contributed by atoms with E-state index in [0.717, 1.165) is 25.7 Å². The van der Waals surface area contributed by atoms with Crippen LogP contribution in [0.5, 0.6) is 0 Å². The molecule has 0 atom stereocenters. The lowest BCUT2D eigenvalue weighted by Crippen LogP contribution is -2.54. The van der Waals surface area contributed by atoms with Crippen LogP contribution < -0.4 is 0 Å². The summed E-state index contributed by atoms with van der Waals surface area (Å²) in [5.74, 6) is 0. The molecule has 0 radical (unpaired) electrons. The molecule has 0 aliphatic carbocycles. The Morgan fingerprint density at radius 1 is 0.810 bits per heavy atom. The molecule has 0 N–H and O–H groups in total. The Morgan fingerprint density at radius 2 is 1.14 bits per heavy atom. The van der Waals surface area contributed by atoms with Crippen molar-refractivity contribution in [3.63, 3.8) is 0 Å². The third-order valence-electron chi connectivity index (χ3n) is 3.38. The van der Waals surface area contributed by atoms with Crippen molar-refractivity contribution in [1.29, 1.82) is 0 Å². The molecule has 0 saturated carbocycles. The molecule has 21 heavy (non-hydrogen) atoms. The van der Waals surface area contributed by atoms with Crippen LogP contribution in [0.4, 0.5) is 9.59 Å². The maximum Gasteiger partial charge on any atom is 0.311 e. The molecule has 5 heteroatoms. The quantitative estimate of drug-likeness (QED) is 0.514. The zero-order valence-corrected chi connectivity index (χ0v) is 15.5. The summed E-state index contributed by atoms with van der Waals surface area (Å²) in [5.41, 5.74) is -0.574. The van der Waals surface area contributed by atoms with Gasteiger partial charge >= 0.3 is 8.07 Å². The fraction of sp³-hybridized carbons (Fsp3) is 0.875. The van der Waals surface area contributed by atoms with Crippen molar-refractivity contribution in [2.24, 2.45) is 0 Å². The Bertz CT molecular complexity index is 294. The highest BCUT2D eigenvalue weighted by molar-refractivity contribution is 7.23. The minimum atomic E-state index is -2.89. The first-order chi connectivity index (χ1) is 9.80. The van der Waals surface area contributed by atoms with Crippen molar-refractivity contribution in [3.8, 4) is 0 Å². The van der Waals surface area contributed by atoms with E-state index in [2.05, 4.69) is 13.8 Å². The fourth-order valence-electron chi connectivity index (χ4n) is 2.23. The highest BCUT2D eigenvalue weighted by atomic mass is 28.3. The molecule has 124 valence electrons. The molecule has 0 heterocycles. The lowest BCUT2D eigenvalue weighted by molar-refractivity contribution is 0.128. The second-order valence-corrected chi connectivity index (χ2v) is 10.2. The maximum absolute atomic E-state index is 12.6. The van der Waals surface area contributed by atoms with Gasteiger partial charge in [0.05, 0.1) is 12.2 Å². The van der Waals surface area contributed by atoms with Gasteiger partial charge in [-0.2, -0.15) is 0 Å². The second kappa shape index (κ2) is 9.98. The van der Waals surface area contributed by atoms with Gasteiger partial charge in [-0.1, -0.05) is 39.5 Å². The van der Waals surface area contributed by atoms with Crippen LogP contribution in [0.3, 0.4) is 0 Å². The predicted molar refractivity (Wildman–Crippen MR) is 88.4 cm³/mol. The first-order valence-corrected chi connectivity index (χ1v) is 10.6. The van der Waals surface area contributed by atoms with Crippen LogP contribution in [-0.2, 0) is 9.47 Å². The monoisotopic (exact) mass is 316 g/mol. The van der Waals surface area contributed by atoms with E-state index >= 15 is 0 Å². The molecule has 0 unspecified atom stereocenters. The maximum atomic E-state index is 12.6. The molecule has 0 aromatic carbocycles. The highest BCUT2D eigenvalue weighted by Crippen LogP contribution is 2.27. The zero-order valence-electron chi connectivity index (χ0n) is 14.5. The van der Waals surface area contributed by atoms with Gasteiger partial charge in [-0.25, -0.2) is 0 Å². The van der Waals surface area contributed by atoms with Crippen LogP contribution in [-0.4, -0.2) is 31.5 Å². The highest BCUT2D eigenvalue weighted by Gasteiger charge is 2.52. The Hall–Kier alpha value is -0.843. The molecule has 0 aromatic rings. The molecular weight excluding hydrogens is 284 g/mol. The zero-order chi connectivity index (χ0) is 16.5. The third kappa shape index (κ3) is 6.63. The first kappa shape index (κ1) is 20.2. The first-order valence-electron chi connectivity index (χ1n) is 8.22. The van der Waals surface area contributed by atoms with Crippen LogP contribution in [0.15, 0.2) is 0 Å². The normalized spacial score (nSPS) is 11.8. The number of hydrogen-bond donors (Lipinski definition) is 0. The van der Waals surface area contributed by atoms with Crippen molar-refractivity contribution < 1.29 is 19.1 Å². The van der Waals surface area contributed by atoms with Gasteiger partial charge in [0.15, 0.2) is 0 Å². The summed E-state index contributed by atoms with van der Waals surface area (Å²) in [6.07, 6.45) is 3.28. The van der Waals surface area contributed by atoms with E-state index in [0.29, 0.717) is 12.1 Å². The van der Waals surface area contributed by atoms with Crippen molar-refractivity contribution in [2.45, 2.75) is 91.5 Å². The van der Waals surface area contributed by atoms with Gasteiger partial charge in [0.2, 0.25) is 0 Å². The lowest BCUT2D eigenvalue weighted by atomic mass is 10.4. The number of unbranched alkanes of at least 4 members (excludes halogenated alkanes) is 2. The molecule has 0 bridgehead atoms. The Morgan fingerprint density at radius 3 is 1.38 bits per heavy atom. The summed E-state index contributed by atoms with van der Waals surface area (Å²) >= 11 is 0. The average molecular weight is 317 g/mol. The number of hydrogen-bond acceptors (Lipinski definition) is 4. The average Bonchev–Trinajstić information content (AvgIpc) is 2.37. The molecule has 0 rings (SSSR count). The van der Waals surface area contributed by atoms with Gasteiger partial charge in [0.1, 0.15) is 0 Å². The smallest absolute Gasteiger partial charge is 0.311 e. The lowest BCUT2D eigenvalue weighted by Gasteiger charge is -2.28. The van der Waals surface area contributed by atoms with Crippen LogP contribution >= 0.6 is 0 Å². The summed E-state index contributed by atoms with van der Waals surface area (Å²) in [6, 6.07) is 1.28. The van der Waals surface area contributed by atoms with Crippen molar-refractivity contribution in [1.82, 2.24) is 0 Å². The minimum absolute atomic E-state index is 0.195. The molecule has 0 fully saturated rings. The van der Waals surface area contributed by atoms with Crippen molar-refractivity contribution >= 4 is 19.3 Å². The summed E-state index contributed by atoms with van der Waals surface area (Å²) in [4.78, 5) is 25.3. The number of carbonyl (C=O) groups excluding carboxylic acids is 2. The summed E-state index contributed by atoms with van der Waals surface area (Å²) in [7, 11) is -2.89. The van der Waals surface area contributed by atoms with Gasteiger partial charge in [0, 0.05) is 0 Å². The molecule has 0 amide bonds. The number of rotatable bonds is 10. The Kier molecular flexibility index (Phi) is 9.58. The minimum Gasteiger partial charge on any atom is -0.467 e. The Labute approximate surface area is 130 Å².